The number of halogens is 3. The second-order valence-corrected chi connectivity index (χ2v) is 6.29. The summed E-state index contributed by atoms with van der Waals surface area (Å²) >= 11 is 9.96. The van der Waals surface area contributed by atoms with Crippen LogP contribution in [0.15, 0.2) is 35.8 Å². The van der Waals surface area contributed by atoms with Crippen molar-refractivity contribution >= 4 is 53.5 Å². The number of benzene rings is 1. The lowest BCUT2D eigenvalue weighted by atomic mass is 10.3. The lowest BCUT2D eigenvalue weighted by Gasteiger charge is -2.08. The molecule has 0 saturated carbocycles. The molecule has 0 aliphatic heterocycles. The van der Waals surface area contributed by atoms with Crippen molar-refractivity contribution in [3.63, 3.8) is 0 Å². The van der Waals surface area contributed by atoms with Gasteiger partial charge in [0.25, 0.3) is 0 Å². The van der Waals surface area contributed by atoms with E-state index >= 15 is 0 Å². The van der Waals surface area contributed by atoms with Gasteiger partial charge in [0.1, 0.15) is 5.69 Å². The standard InChI is InChI=1S/C9H8Br3N3O2/c1-9(2,15(16)17)14-13-8-6(11)3-5(10)4-7(8)12/h3-4H,1-2H3. The van der Waals surface area contributed by atoms with Gasteiger partial charge in [-0.1, -0.05) is 15.9 Å². The van der Waals surface area contributed by atoms with Crippen LogP contribution in [0.4, 0.5) is 5.69 Å². The summed E-state index contributed by atoms with van der Waals surface area (Å²) in [5.41, 5.74) is -0.922. The molecule has 8 heteroatoms. The number of azo groups is 1. The van der Waals surface area contributed by atoms with Gasteiger partial charge >= 0.3 is 5.66 Å². The molecule has 0 aliphatic carbocycles. The molecule has 0 unspecified atom stereocenters. The molecular formula is C9H8Br3N3O2. The molecule has 17 heavy (non-hydrogen) atoms. The molecule has 5 nitrogen and oxygen atoms in total. The fraction of sp³-hybridized carbons (Fsp3) is 0.333. The summed E-state index contributed by atoms with van der Waals surface area (Å²) in [6.45, 7) is 2.77. The fourth-order valence-corrected chi connectivity index (χ4v) is 3.26. The average molecular weight is 430 g/mol. The molecule has 0 amide bonds. The third-order valence-corrected chi connectivity index (χ3v) is 3.49. The zero-order chi connectivity index (χ0) is 13.2. The maximum absolute atomic E-state index is 10.7. The Hall–Kier alpha value is -0.340. The lowest BCUT2D eigenvalue weighted by Crippen LogP contribution is -2.27. The van der Waals surface area contributed by atoms with Gasteiger partial charge in [-0.25, -0.2) is 0 Å². The van der Waals surface area contributed by atoms with Gasteiger partial charge in [0, 0.05) is 27.3 Å². The molecule has 1 aromatic rings. The molecule has 0 aliphatic rings. The van der Waals surface area contributed by atoms with E-state index in [0.717, 1.165) is 4.47 Å². The van der Waals surface area contributed by atoms with Crippen LogP contribution in [0.1, 0.15) is 13.8 Å². The van der Waals surface area contributed by atoms with E-state index < -0.39 is 10.6 Å². The summed E-state index contributed by atoms with van der Waals surface area (Å²) in [5, 5.41) is 18.3. The van der Waals surface area contributed by atoms with E-state index in [-0.39, 0.29) is 0 Å². The van der Waals surface area contributed by atoms with E-state index in [1.165, 1.54) is 13.8 Å². The Kier molecular flexibility index (Phi) is 4.79. The van der Waals surface area contributed by atoms with Crippen molar-refractivity contribution in [1.29, 1.82) is 0 Å². The number of nitrogens with zero attached hydrogens (tertiary/aromatic N) is 3. The van der Waals surface area contributed by atoms with E-state index in [0.29, 0.717) is 14.6 Å². The first-order valence-electron chi connectivity index (χ1n) is 4.46. The number of hydrogen-bond acceptors (Lipinski definition) is 4. The molecule has 0 aromatic heterocycles. The third-order valence-electron chi connectivity index (χ3n) is 1.82. The van der Waals surface area contributed by atoms with Gasteiger partial charge in [-0.2, -0.15) is 0 Å². The summed E-state index contributed by atoms with van der Waals surface area (Å²) in [5.74, 6) is 0. The molecule has 0 saturated heterocycles. The van der Waals surface area contributed by atoms with Gasteiger partial charge in [-0.3, -0.25) is 10.1 Å². The molecule has 92 valence electrons. The number of nitro groups is 1. The smallest absolute Gasteiger partial charge is 0.262 e. The van der Waals surface area contributed by atoms with Gasteiger partial charge in [-0.05, 0) is 44.0 Å². The minimum Gasteiger partial charge on any atom is -0.262 e. The van der Waals surface area contributed by atoms with E-state index in [2.05, 4.69) is 58.0 Å². The zero-order valence-electron chi connectivity index (χ0n) is 8.95. The molecular weight excluding hydrogens is 422 g/mol. The Morgan fingerprint density at radius 2 is 1.71 bits per heavy atom. The SMILES string of the molecule is CC(C)(N=Nc1c(Br)cc(Br)cc1Br)[N+](=O)[O-]. The Morgan fingerprint density at radius 3 is 2.12 bits per heavy atom. The quantitative estimate of drug-likeness (QED) is 0.382. The van der Waals surface area contributed by atoms with E-state index in [1.54, 1.807) is 12.1 Å². The van der Waals surface area contributed by atoms with E-state index in [4.69, 9.17) is 0 Å². The van der Waals surface area contributed by atoms with Crippen LogP contribution in [0.5, 0.6) is 0 Å². The van der Waals surface area contributed by atoms with Gasteiger partial charge in [0.05, 0.1) is 4.92 Å². The summed E-state index contributed by atoms with van der Waals surface area (Å²) < 4.78 is 2.26. The van der Waals surface area contributed by atoms with Gasteiger partial charge < -0.3 is 0 Å². The van der Waals surface area contributed by atoms with Crippen LogP contribution >= 0.6 is 47.8 Å². The van der Waals surface area contributed by atoms with Crippen molar-refractivity contribution in [2.45, 2.75) is 19.5 Å². The Labute approximate surface area is 123 Å². The molecule has 0 radical (unpaired) electrons. The first-order valence-corrected chi connectivity index (χ1v) is 6.84. The van der Waals surface area contributed by atoms with Crippen molar-refractivity contribution in [3.05, 3.63) is 35.7 Å². The normalized spacial score (nSPS) is 12.1. The molecule has 0 heterocycles. The molecule has 0 bridgehead atoms. The first kappa shape index (κ1) is 14.7. The highest BCUT2D eigenvalue weighted by Crippen LogP contribution is 2.37. The Bertz CT molecular complexity index is 465. The largest absolute Gasteiger partial charge is 0.324 e. The summed E-state index contributed by atoms with van der Waals surface area (Å²) in [7, 11) is 0. The highest BCUT2D eigenvalue weighted by Gasteiger charge is 2.30. The fourth-order valence-electron chi connectivity index (χ4n) is 0.839. The first-order chi connectivity index (χ1) is 7.74. The van der Waals surface area contributed by atoms with Crippen molar-refractivity contribution in [2.24, 2.45) is 10.2 Å². The van der Waals surface area contributed by atoms with E-state index in [1.807, 2.05) is 0 Å². The second-order valence-electron chi connectivity index (χ2n) is 3.67. The van der Waals surface area contributed by atoms with Crippen LogP contribution < -0.4 is 0 Å². The van der Waals surface area contributed by atoms with Crippen molar-refractivity contribution in [1.82, 2.24) is 0 Å². The van der Waals surface area contributed by atoms with Crippen LogP contribution in [0, 0.1) is 10.1 Å². The Morgan fingerprint density at radius 1 is 1.24 bits per heavy atom. The summed E-state index contributed by atoms with van der Waals surface area (Å²) in [4.78, 5) is 10.2. The molecule has 0 fully saturated rings. The van der Waals surface area contributed by atoms with Crippen LogP contribution in [-0.4, -0.2) is 10.6 Å². The van der Waals surface area contributed by atoms with Crippen LogP contribution in [0.2, 0.25) is 0 Å². The van der Waals surface area contributed by atoms with Crippen molar-refractivity contribution in [2.75, 3.05) is 0 Å². The van der Waals surface area contributed by atoms with Crippen molar-refractivity contribution in [3.8, 4) is 0 Å². The van der Waals surface area contributed by atoms with Crippen LogP contribution in [0.25, 0.3) is 0 Å². The second kappa shape index (κ2) is 5.53. The predicted octanol–water partition coefficient (Wildman–Crippen LogP) is 5.07. The highest BCUT2D eigenvalue weighted by atomic mass is 79.9. The monoisotopic (exact) mass is 427 g/mol. The van der Waals surface area contributed by atoms with Crippen LogP contribution in [0.3, 0.4) is 0 Å². The van der Waals surface area contributed by atoms with Crippen LogP contribution in [-0.2, 0) is 0 Å². The highest BCUT2D eigenvalue weighted by molar-refractivity contribution is 9.11. The van der Waals surface area contributed by atoms with E-state index in [9.17, 15) is 10.1 Å². The molecule has 1 rings (SSSR count). The minimum atomic E-state index is -1.44. The predicted molar refractivity (Wildman–Crippen MR) is 75.1 cm³/mol. The summed E-state index contributed by atoms with van der Waals surface area (Å²) in [6, 6.07) is 3.58. The lowest BCUT2D eigenvalue weighted by molar-refractivity contribution is -0.559. The minimum absolute atomic E-state index is 0.489. The number of rotatable bonds is 3. The topological polar surface area (TPSA) is 67.9 Å². The molecule has 1 aromatic carbocycles. The van der Waals surface area contributed by atoms with Crippen molar-refractivity contribution < 1.29 is 4.92 Å². The molecule has 0 spiro atoms. The zero-order valence-corrected chi connectivity index (χ0v) is 13.7. The summed E-state index contributed by atoms with van der Waals surface area (Å²) in [6.07, 6.45) is 0. The van der Waals surface area contributed by atoms with Gasteiger partial charge in [-0.15, -0.1) is 10.2 Å². The maximum Gasteiger partial charge on any atom is 0.324 e. The van der Waals surface area contributed by atoms with Gasteiger partial charge in [0.2, 0.25) is 0 Å². The Balaban J connectivity index is 3.12. The van der Waals surface area contributed by atoms with Gasteiger partial charge in [0.15, 0.2) is 0 Å². The molecule has 0 N–H and O–H groups in total. The number of hydrogen-bond donors (Lipinski definition) is 0. The average Bonchev–Trinajstić information content (AvgIpc) is 2.15. The maximum atomic E-state index is 10.7. The molecule has 0 atom stereocenters. The third kappa shape index (κ3) is 3.82.